The first-order chi connectivity index (χ1) is 9.15. The first-order valence-corrected chi connectivity index (χ1v) is 7.06. The van der Waals surface area contributed by atoms with Crippen molar-refractivity contribution >= 4 is 0 Å². The van der Waals surface area contributed by atoms with E-state index < -0.39 is 0 Å². The predicted molar refractivity (Wildman–Crippen MR) is 79.0 cm³/mol. The van der Waals surface area contributed by atoms with Gasteiger partial charge in [0.1, 0.15) is 0 Å². The largest absolute Gasteiger partial charge is 0.383 e. The zero-order valence-electron chi connectivity index (χ0n) is 12.5. The molecule has 3 atom stereocenters. The van der Waals surface area contributed by atoms with Crippen molar-refractivity contribution in [2.24, 2.45) is 5.73 Å². The third kappa shape index (κ3) is 4.27. The van der Waals surface area contributed by atoms with Crippen molar-refractivity contribution in [1.29, 1.82) is 0 Å². The molecule has 1 heterocycles. The molecule has 3 unspecified atom stereocenters. The van der Waals surface area contributed by atoms with E-state index in [1.807, 2.05) is 18.3 Å². The maximum Gasteiger partial charge on any atom is 0.0676 e. The molecule has 0 aliphatic heterocycles. The van der Waals surface area contributed by atoms with Crippen LogP contribution >= 0.6 is 0 Å². The number of aromatic nitrogens is 1. The van der Waals surface area contributed by atoms with Gasteiger partial charge in [-0.2, -0.15) is 0 Å². The van der Waals surface area contributed by atoms with E-state index in [0.717, 1.165) is 18.7 Å². The minimum atomic E-state index is 0.0779. The lowest BCUT2D eigenvalue weighted by Gasteiger charge is -2.38. The van der Waals surface area contributed by atoms with E-state index in [1.165, 1.54) is 0 Å². The fourth-order valence-corrected chi connectivity index (χ4v) is 2.53. The van der Waals surface area contributed by atoms with Crippen LogP contribution in [0.3, 0.4) is 0 Å². The monoisotopic (exact) mass is 265 g/mol. The number of nitrogens with two attached hydrogens (primary N) is 1. The molecule has 0 fully saturated rings. The van der Waals surface area contributed by atoms with Gasteiger partial charge in [0.15, 0.2) is 0 Å². The lowest BCUT2D eigenvalue weighted by atomic mass is 9.99. The molecule has 4 nitrogen and oxygen atoms in total. The Bertz CT molecular complexity index is 345. The van der Waals surface area contributed by atoms with Crippen LogP contribution in [0.4, 0.5) is 0 Å². The molecule has 0 saturated heterocycles. The van der Waals surface area contributed by atoms with Gasteiger partial charge in [0.2, 0.25) is 0 Å². The molecule has 0 radical (unpaired) electrons. The third-order valence-electron chi connectivity index (χ3n) is 3.56. The van der Waals surface area contributed by atoms with E-state index >= 15 is 0 Å². The van der Waals surface area contributed by atoms with Crippen LogP contribution in [0.2, 0.25) is 0 Å². The molecule has 19 heavy (non-hydrogen) atoms. The van der Waals surface area contributed by atoms with E-state index in [1.54, 1.807) is 7.11 Å². The van der Waals surface area contributed by atoms with Crippen LogP contribution in [0.5, 0.6) is 0 Å². The van der Waals surface area contributed by atoms with Gasteiger partial charge in [-0.25, -0.2) is 0 Å². The first-order valence-electron chi connectivity index (χ1n) is 7.06. The summed E-state index contributed by atoms with van der Waals surface area (Å²) in [6.45, 7) is 8.08. The fourth-order valence-electron chi connectivity index (χ4n) is 2.53. The molecule has 0 amide bonds. The Balaban J connectivity index is 3.01. The van der Waals surface area contributed by atoms with Crippen molar-refractivity contribution in [3.63, 3.8) is 0 Å². The Morgan fingerprint density at radius 1 is 1.37 bits per heavy atom. The van der Waals surface area contributed by atoms with Gasteiger partial charge >= 0.3 is 0 Å². The summed E-state index contributed by atoms with van der Waals surface area (Å²) in [5.41, 5.74) is 7.38. The minimum Gasteiger partial charge on any atom is -0.383 e. The molecule has 0 bridgehead atoms. The Hall–Kier alpha value is -0.970. The Morgan fingerprint density at radius 2 is 2.11 bits per heavy atom. The van der Waals surface area contributed by atoms with E-state index in [2.05, 4.69) is 36.7 Å². The van der Waals surface area contributed by atoms with Gasteiger partial charge in [-0.1, -0.05) is 19.9 Å². The molecule has 0 saturated carbocycles. The predicted octanol–water partition coefficient (Wildman–Crippen LogP) is 2.22. The molecule has 1 rings (SSSR count). The number of pyridine rings is 1. The Kier molecular flexibility index (Phi) is 6.99. The summed E-state index contributed by atoms with van der Waals surface area (Å²) in [6, 6.07) is 6.55. The summed E-state index contributed by atoms with van der Waals surface area (Å²) in [4.78, 5) is 6.87. The molecule has 1 aromatic rings. The van der Waals surface area contributed by atoms with Crippen molar-refractivity contribution in [3.05, 3.63) is 30.1 Å². The SMILES string of the molecule is CCC(N)C(c1ccccn1)N(CC)C(C)COC. The smallest absolute Gasteiger partial charge is 0.0676 e. The third-order valence-corrected chi connectivity index (χ3v) is 3.56. The highest BCUT2D eigenvalue weighted by molar-refractivity contribution is 5.12. The molecule has 0 spiro atoms. The number of methoxy groups -OCH3 is 1. The summed E-state index contributed by atoms with van der Waals surface area (Å²) in [5.74, 6) is 0. The molecule has 2 N–H and O–H groups in total. The second-order valence-corrected chi connectivity index (χ2v) is 4.91. The van der Waals surface area contributed by atoms with Gasteiger partial charge < -0.3 is 10.5 Å². The molecular formula is C15H27N3O. The summed E-state index contributed by atoms with van der Waals surface area (Å²) >= 11 is 0. The molecule has 1 aromatic heterocycles. The van der Waals surface area contributed by atoms with Gasteiger partial charge in [-0.05, 0) is 32.0 Å². The Labute approximate surface area is 117 Å². The van der Waals surface area contributed by atoms with E-state index in [0.29, 0.717) is 12.6 Å². The fraction of sp³-hybridized carbons (Fsp3) is 0.667. The molecular weight excluding hydrogens is 238 g/mol. The zero-order chi connectivity index (χ0) is 14.3. The molecule has 108 valence electrons. The zero-order valence-corrected chi connectivity index (χ0v) is 12.5. The second kappa shape index (κ2) is 8.25. The highest BCUT2D eigenvalue weighted by Gasteiger charge is 2.28. The van der Waals surface area contributed by atoms with Crippen molar-refractivity contribution < 1.29 is 4.74 Å². The Morgan fingerprint density at radius 3 is 2.58 bits per heavy atom. The second-order valence-electron chi connectivity index (χ2n) is 4.91. The minimum absolute atomic E-state index is 0.0779. The first kappa shape index (κ1) is 16.1. The van der Waals surface area contributed by atoms with E-state index in [4.69, 9.17) is 10.5 Å². The van der Waals surface area contributed by atoms with Crippen molar-refractivity contribution in [1.82, 2.24) is 9.88 Å². The molecule has 4 heteroatoms. The number of nitrogens with zero attached hydrogens (tertiary/aromatic N) is 2. The van der Waals surface area contributed by atoms with E-state index in [9.17, 15) is 0 Å². The lowest BCUT2D eigenvalue weighted by Crippen LogP contribution is -2.46. The van der Waals surface area contributed by atoms with Gasteiger partial charge in [0, 0.05) is 25.4 Å². The van der Waals surface area contributed by atoms with E-state index in [-0.39, 0.29) is 12.1 Å². The normalized spacial score (nSPS) is 16.3. The average molecular weight is 265 g/mol. The van der Waals surface area contributed by atoms with Crippen LogP contribution in [-0.4, -0.2) is 42.2 Å². The number of rotatable bonds is 8. The van der Waals surface area contributed by atoms with Crippen molar-refractivity contribution in [3.8, 4) is 0 Å². The number of hydrogen-bond acceptors (Lipinski definition) is 4. The number of ether oxygens (including phenoxy) is 1. The van der Waals surface area contributed by atoms with Crippen LogP contribution in [-0.2, 0) is 4.74 Å². The summed E-state index contributed by atoms with van der Waals surface area (Å²) in [7, 11) is 1.74. The van der Waals surface area contributed by atoms with Crippen molar-refractivity contribution in [2.75, 3.05) is 20.3 Å². The van der Waals surface area contributed by atoms with Gasteiger partial charge in [-0.3, -0.25) is 9.88 Å². The highest BCUT2D eigenvalue weighted by Crippen LogP contribution is 2.25. The van der Waals surface area contributed by atoms with Gasteiger partial charge in [-0.15, -0.1) is 0 Å². The number of hydrogen-bond donors (Lipinski definition) is 1. The maximum absolute atomic E-state index is 6.34. The summed E-state index contributed by atoms with van der Waals surface area (Å²) in [5, 5.41) is 0. The quantitative estimate of drug-likeness (QED) is 0.783. The summed E-state index contributed by atoms with van der Waals surface area (Å²) < 4.78 is 5.28. The van der Waals surface area contributed by atoms with Crippen LogP contribution in [0, 0.1) is 0 Å². The van der Waals surface area contributed by atoms with Crippen LogP contribution < -0.4 is 5.73 Å². The van der Waals surface area contributed by atoms with Crippen LogP contribution in [0.1, 0.15) is 38.9 Å². The topological polar surface area (TPSA) is 51.4 Å². The highest BCUT2D eigenvalue weighted by atomic mass is 16.5. The maximum atomic E-state index is 6.34. The average Bonchev–Trinajstić information content (AvgIpc) is 2.44. The van der Waals surface area contributed by atoms with Crippen molar-refractivity contribution in [2.45, 2.75) is 45.3 Å². The summed E-state index contributed by atoms with van der Waals surface area (Å²) in [6.07, 6.45) is 2.76. The number of likely N-dealkylation sites (N-methyl/N-ethyl adjacent to an activating group) is 1. The lowest BCUT2D eigenvalue weighted by molar-refractivity contribution is 0.0613. The molecule has 0 aliphatic rings. The van der Waals surface area contributed by atoms with Crippen LogP contribution in [0.15, 0.2) is 24.4 Å². The molecule has 0 aromatic carbocycles. The van der Waals surface area contributed by atoms with Gasteiger partial charge in [0.25, 0.3) is 0 Å². The van der Waals surface area contributed by atoms with Crippen LogP contribution in [0.25, 0.3) is 0 Å². The standard InChI is InChI=1S/C15H27N3O/c1-5-13(16)15(14-9-7-8-10-17-14)18(6-2)12(3)11-19-4/h7-10,12-13,15H,5-6,11,16H2,1-4H3. The van der Waals surface area contributed by atoms with Gasteiger partial charge in [0.05, 0.1) is 18.3 Å². The molecule has 0 aliphatic carbocycles.